The maximum atomic E-state index is 8.43. The summed E-state index contributed by atoms with van der Waals surface area (Å²) in [7, 11) is 1.94. The van der Waals surface area contributed by atoms with Gasteiger partial charge in [0.05, 0.1) is 16.7 Å². The summed E-state index contributed by atoms with van der Waals surface area (Å²) in [5.74, 6) is 0. The van der Waals surface area contributed by atoms with Crippen LogP contribution in [0.25, 0.3) is 16.7 Å². The number of aromatic nitrogens is 2. The van der Waals surface area contributed by atoms with Crippen LogP contribution in [-0.4, -0.2) is 9.13 Å². The van der Waals surface area contributed by atoms with Crippen LogP contribution in [0.4, 0.5) is 0 Å². The zero-order valence-electron chi connectivity index (χ0n) is 12.4. The average molecular weight is 265 g/mol. The highest BCUT2D eigenvalue weighted by molar-refractivity contribution is 5.78. The molecule has 3 nitrogen and oxygen atoms in total. The Morgan fingerprint density at radius 2 is 1.45 bits per heavy atom. The highest BCUT2D eigenvalue weighted by Gasteiger charge is 2.13. The molecule has 102 valence electrons. The van der Waals surface area contributed by atoms with Crippen LogP contribution in [-0.2, 0) is 7.05 Å². The number of nitrogens with zero attached hydrogens (tertiary/aromatic N) is 2. The molecule has 0 atom stereocenters. The number of nitrogens with one attached hydrogen (secondary N) is 1. The first-order valence-corrected chi connectivity index (χ1v) is 6.80. The van der Waals surface area contributed by atoms with E-state index >= 15 is 0 Å². The summed E-state index contributed by atoms with van der Waals surface area (Å²) in [6, 6.07) is 12.5. The molecule has 1 aromatic heterocycles. The summed E-state index contributed by atoms with van der Waals surface area (Å²) in [6.45, 7) is 6.34. The predicted octanol–water partition coefficient (Wildman–Crippen LogP) is 3.37. The molecule has 0 unspecified atom stereocenters. The topological polar surface area (TPSA) is 33.7 Å². The van der Waals surface area contributed by atoms with Gasteiger partial charge >= 0.3 is 0 Å². The fourth-order valence-electron chi connectivity index (χ4n) is 3.07. The third-order valence-electron chi connectivity index (χ3n) is 3.87. The largest absolute Gasteiger partial charge is 0.313 e. The van der Waals surface area contributed by atoms with E-state index < -0.39 is 0 Å². The Balaban J connectivity index is 2.48. The van der Waals surface area contributed by atoms with E-state index in [9.17, 15) is 0 Å². The zero-order valence-corrected chi connectivity index (χ0v) is 12.4. The molecule has 0 aliphatic carbocycles. The Bertz CT molecular complexity index is 843. The third-order valence-corrected chi connectivity index (χ3v) is 3.87. The van der Waals surface area contributed by atoms with Crippen molar-refractivity contribution in [3.8, 4) is 5.69 Å². The number of hydrogen-bond donors (Lipinski definition) is 1. The van der Waals surface area contributed by atoms with Crippen molar-refractivity contribution in [2.45, 2.75) is 20.8 Å². The lowest BCUT2D eigenvalue weighted by Crippen LogP contribution is -2.22. The zero-order chi connectivity index (χ0) is 14.4. The molecule has 0 aliphatic heterocycles. The summed E-state index contributed by atoms with van der Waals surface area (Å²) in [6.07, 6.45) is 0. The third kappa shape index (κ3) is 1.70. The van der Waals surface area contributed by atoms with Crippen LogP contribution in [0.15, 0.2) is 36.4 Å². The van der Waals surface area contributed by atoms with Crippen LogP contribution >= 0.6 is 0 Å². The second-order valence-corrected chi connectivity index (χ2v) is 5.45. The molecule has 20 heavy (non-hydrogen) atoms. The summed E-state index contributed by atoms with van der Waals surface area (Å²) in [4.78, 5) is 0. The Labute approximate surface area is 118 Å². The predicted molar refractivity (Wildman–Crippen MR) is 82.3 cm³/mol. The van der Waals surface area contributed by atoms with Crippen molar-refractivity contribution in [3.05, 3.63) is 58.7 Å². The van der Waals surface area contributed by atoms with Crippen molar-refractivity contribution in [1.29, 1.82) is 5.41 Å². The van der Waals surface area contributed by atoms with Crippen molar-refractivity contribution in [2.75, 3.05) is 0 Å². The molecule has 0 saturated heterocycles. The van der Waals surface area contributed by atoms with Crippen molar-refractivity contribution >= 4 is 11.0 Å². The first-order valence-electron chi connectivity index (χ1n) is 6.80. The molecule has 0 bridgehead atoms. The van der Waals surface area contributed by atoms with E-state index in [4.69, 9.17) is 5.41 Å². The van der Waals surface area contributed by atoms with Crippen molar-refractivity contribution in [2.24, 2.45) is 7.05 Å². The molecular formula is C17H19N3. The quantitative estimate of drug-likeness (QED) is 0.700. The number of benzene rings is 2. The van der Waals surface area contributed by atoms with Crippen LogP contribution in [0.2, 0.25) is 0 Å². The highest BCUT2D eigenvalue weighted by atomic mass is 15.2. The van der Waals surface area contributed by atoms with Crippen LogP contribution in [0.5, 0.6) is 0 Å². The van der Waals surface area contributed by atoms with Gasteiger partial charge in [-0.1, -0.05) is 29.8 Å². The van der Waals surface area contributed by atoms with Crippen LogP contribution in [0, 0.1) is 26.2 Å². The van der Waals surface area contributed by atoms with E-state index in [1.807, 2.05) is 28.3 Å². The normalized spacial score (nSPS) is 11.2. The second kappa shape index (κ2) is 4.37. The average Bonchev–Trinajstić information content (AvgIpc) is 2.64. The van der Waals surface area contributed by atoms with Gasteiger partial charge in [0, 0.05) is 7.05 Å². The number of aryl methyl sites for hydroxylation is 4. The number of fused-ring (bicyclic) bond motifs is 1. The second-order valence-electron chi connectivity index (χ2n) is 5.45. The van der Waals surface area contributed by atoms with E-state index in [1.165, 1.54) is 16.7 Å². The van der Waals surface area contributed by atoms with Crippen LogP contribution < -0.4 is 5.62 Å². The molecule has 0 fully saturated rings. The number of hydrogen-bond acceptors (Lipinski definition) is 1. The van der Waals surface area contributed by atoms with Crippen molar-refractivity contribution < 1.29 is 0 Å². The van der Waals surface area contributed by atoms with E-state index in [1.54, 1.807) is 0 Å². The summed E-state index contributed by atoms with van der Waals surface area (Å²) in [5, 5.41) is 8.43. The molecular weight excluding hydrogens is 246 g/mol. The molecule has 0 radical (unpaired) electrons. The Kier molecular flexibility index (Phi) is 2.78. The Morgan fingerprint density at radius 3 is 2.05 bits per heavy atom. The van der Waals surface area contributed by atoms with Gasteiger partial charge in [-0.05, 0) is 44.0 Å². The molecule has 3 aromatic rings. The lowest BCUT2D eigenvalue weighted by molar-refractivity contribution is 0.784. The summed E-state index contributed by atoms with van der Waals surface area (Å²) >= 11 is 0. The van der Waals surface area contributed by atoms with Gasteiger partial charge in [-0.3, -0.25) is 9.98 Å². The molecule has 1 heterocycles. The molecule has 3 rings (SSSR count). The first kappa shape index (κ1) is 12.7. The molecule has 0 saturated carbocycles. The molecule has 0 amide bonds. The number of imidazole rings is 1. The van der Waals surface area contributed by atoms with Gasteiger partial charge in [0.25, 0.3) is 0 Å². The van der Waals surface area contributed by atoms with E-state index in [0.29, 0.717) is 5.62 Å². The maximum absolute atomic E-state index is 8.43. The lowest BCUT2D eigenvalue weighted by Gasteiger charge is -2.13. The summed E-state index contributed by atoms with van der Waals surface area (Å²) < 4.78 is 3.97. The van der Waals surface area contributed by atoms with Gasteiger partial charge in [0.1, 0.15) is 0 Å². The van der Waals surface area contributed by atoms with Gasteiger partial charge in [-0.25, -0.2) is 0 Å². The molecule has 2 aromatic carbocycles. The fourth-order valence-corrected chi connectivity index (χ4v) is 3.07. The van der Waals surface area contributed by atoms with Gasteiger partial charge in [0.15, 0.2) is 0 Å². The molecule has 0 spiro atoms. The Hall–Kier alpha value is -2.29. The first-order chi connectivity index (χ1) is 9.50. The molecule has 1 N–H and O–H groups in total. The Morgan fingerprint density at radius 1 is 0.900 bits per heavy atom. The van der Waals surface area contributed by atoms with Gasteiger partial charge in [-0.15, -0.1) is 0 Å². The highest BCUT2D eigenvalue weighted by Crippen LogP contribution is 2.23. The molecule has 0 aliphatic rings. The summed E-state index contributed by atoms with van der Waals surface area (Å²) in [5.41, 5.74) is 7.46. The van der Waals surface area contributed by atoms with Crippen molar-refractivity contribution in [1.82, 2.24) is 9.13 Å². The minimum absolute atomic E-state index is 0.501. The van der Waals surface area contributed by atoms with Crippen molar-refractivity contribution in [3.63, 3.8) is 0 Å². The number of para-hydroxylation sites is 2. The van der Waals surface area contributed by atoms with Gasteiger partial charge < -0.3 is 4.57 Å². The van der Waals surface area contributed by atoms with Crippen LogP contribution in [0.3, 0.4) is 0 Å². The SMILES string of the molecule is Cc1cc(C)c(-n2c(=N)n(C)c3ccccc32)c(C)c1. The molecule has 3 heteroatoms. The minimum Gasteiger partial charge on any atom is -0.313 e. The van der Waals surface area contributed by atoms with E-state index in [-0.39, 0.29) is 0 Å². The monoisotopic (exact) mass is 265 g/mol. The smallest absolute Gasteiger partial charge is 0.207 e. The minimum atomic E-state index is 0.501. The van der Waals surface area contributed by atoms with Gasteiger partial charge in [-0.2, -0.15) is 0 Å². The van der Waals surface area contributed by atoms with E-state index in [0.717, 1.165) is 16.7 Å². The maximum Gasteiger partial charge on any atom is 0.207 e. The van der Waals surface area contributed by atoms with E-state index in [2.05, 4.69) is 45.0 Å². The van der Waals surface area contributed by atoms with Gasteiger partial charge in [0.2, 0.25) is 5.62 Å². The lowest BCUT2D eigenvalue weighted by atomic mass is 10.0. The van der Waals surface area contributed by atoms with Crippen LogP contribution in [0.1, 0.15) is 16.7 Å². The fraction of sp³-hybridized carbons (Fsp3) is 0.235. The standard InChI is InChI=1S/C17H19N3/c1-11-9-12(2)16(13(3)10-11)20-15-8-6-5-7-14(15)19(4)17(20)18/h5-10,18H,1-4H3. The number of rotatable bonds is 1.